The van der Waals surface area contributed by atoms with E-state index in [4.69, 9.17) is 4.74 Å². The quantitative estimate of drug-likeness (QED) is 0.258. The van der Waals surface area contributed by atoms with Crippen molar-refractivity contribution in [3.8, 4) is 0 Å². The first-order valence-corrected chi connectivity index (χ1v) is 9.51. The van der Waals surface area contributed by atoms with E-state index >= 15 is 0 Å². The van der Waals surface area contributed by atoms with Gasteiger partial charge in [-0.15, -0.1) is 11.3 Å². The van der Waals surface area contributed by atoms with Crippen molar-refractivity contribution < 1.29 is 19.4 Å². The number of carbonyl (C=O) groups is 1. The van der Waals surface area contributed by atoms with Crippen LogP contribution in [0.2, 0.25) is 0 Å². The highest BCUT2D eigenvalue weighted by atomic mass is 32.1. The summed E-state index contributed by atoms with van der Waals surface area (Å²) < 4.78 is 5.05. The van der Waals surface area contributed by atoms with Crippen LogP contribution in [0.3, 0.4) is 0 Å². The summed E-state index contributed by atoms with van der Waals surface area (Å²) in [5.74, 6) is -1.61. The molecule has 9 heteroatoms. The third kappa shape index (κ3) is 5.98. The number of benzene rings is 1. The summed E-state index contributed by atoms with van der Waals surface area (Å²) in [7, 11) is 0. The van der Waals surface area contributed by atoms with Crippen LogP contribution in [0.4, 0.5) is 0 Å². The van der Waals surface area contributed by atoms with Crippen LogP contribution in [0, 0.1) is 20.2 Å². The minimum Gasteiger partial charge on any atom is -0.463 e. The molecule has 148 valence electrons. The maximum absolute atomic E-state index is 12.4. The number of ether oxygens (including phenoxy) is 1. The molecule has 0 aliphatic heterocycles. The van der Waals surface area contributed by atoms with E-state index in [9.17, 15) is 25.0 Å². The predicted octanol–water partition coefficient (Wildman–Crippen LogP) is 3.79. The Kier molecular flexibility index (Phi) is 7.82. The molecule has 0 saturated carbocycles. The Morgan fingerprint density at radius 1 is 1.18 bits per heavy atom. The van der Waals surface area contributed by atoms with Crippen molar-refractivity contribution in [2.75, 3.05) is 13.2 Å². The molecule has 2 rings (SSSR count). The van der Waals surface area contributed by atoms with Gasteiger partial charge >= 0.3 is 5.97 Å². The summed E-state index contributed by atoms with van der Waals surface area (Å²) in [6.07, 6.45) is 1.27. The SMILES string of the molecule is CCOC(=O)/C(=C/c1ccccc1)C[C@@H]([C@@H](C[N+](=O)[O-])c1cccs1)[N+](=O)[O-]. The standard InChI is InChI=1S/C19H20N2O6S/c1-2-27-19(22)15(11-14-7-4-3-5-8-14)12-17(21(25)26)16(13-20(23)24)18-9-6-10-28-18/h3-11,16-17H,2,12-13H2,1H3/b15-11+/t16-,17+/m1/s1. The summed E-state index contributed by atoms with van der Waals surface area (Å²) in [5, 5.41) is 24.6. The smallest absolute Gasteiger partial charge is 0.334 e. The fourth-order valence-corrected chi connectivity index (χ4v) is 3.71. The van der Waals surface area contributed by atoms with Gasteiger partial charge in [-0.2, -0.15) is 0 Å². The van der Waals surface area contributed by atoms with E-state index in [1.54, 1.807) is 48.7 Å². The van der Waals surface area contributed by atoms with Gasteiger partial charge in [-0.25, -0.2) is 4.79 Å². The predicted molar refractivity (Wildman–Crippen MR) is 105 cm³/mol. The number of hydrogen-bond acceptors (Lipinski definition) is 7. The Labute approximate surface area is 165 Å². The molecule has 1 aromatic carbocycles. The van der Waals surface area contributed by atoms with Gasteiger partial charge in [0.25, 0.3) is 0 Å². The van der Waals surface area contributed by atoms with Gasteiger partial charge in [-0.3, -0.25) is 20.2 Å². The summed E-state index contributed by atoms with van der Waals surface area (Å²) >= 11 is 1.22. The molecule has 0 amide bonds. The van der Waals surface area contributed by atoms with Crippen LogP contribution < -0.4 is 0 Å². The van der Waals surface area contributed by atoms with Crippen molar-refractivity contribution in [2.24, 2.45) is 0 Å². The number of thiophene rings is 1. The second kappa shape index (κ2) is 10.3. The lowest BCUT2D eigenvalue weighted by molar-refractivity contribution is -0.546. The fraction of sp³-hybridized carbons (Fsp3) is 0.316. The maximum Gasteiger partial charge on any atom is 0.334 e. The second-order valence-corrected chi connectivity index (χ2v) is 6.97. The summed E-state index contributed by atoms with van der Waals surface area (Å²) in [5.41, 5.74) is 0.800. The summed E-state index contributed by atoms with van der Waals surface area (Å²) in [6, 6.07) is 10.9. The van der Waals surface area contributed by atoms with Gasteiger partial charge in [-0.05, 0) is 30.0 Å². The van der Waals surface area contributed by atoms with E-state index in [1.165, 1.54) is 17.4 Å². The van der Waals surface area contributed by atoms with Gasteiger partial charge in [0.2, 0.25) is 12.6 Å². The van der Waals surface area contributed by atoms with Crippen molar-refractivity contribution in [2.45, 2.75) is 25.3 Å². The van der Waals surface area contributed by atoms with E-state index in [-0.39, 0.29) is 18.6 Å². The van der Waals surface area contributed by atoms with Gasteiger partial charge in [0.1, 0.15) is 5.92 Å². The molecule has 28 heavy (non-hydrogen) atoms. The average molecular weight is 404 g/mol. The molecule has 2 atom stereocenters. The zero-order chi connectivity index (χ0) is 20.5. The molecular formula is C19H20N2O6S. The Balaban J connectivity index is 2.41. The van der Waals surface area contributed by atoms with Crippen LogP contribution in [0.5, 0.6) is 0 Å². The maximum atomic E-state index is 12.4. The lowest BCUT2D eigenvalue weighted by Crippen LogP contribution is -2.33. The molecule has 1 aromatic heterocycles. The first-order valence-electron chi connectivity index (χ1n) is 8.63. The molecule has 1 heterocycles. The fourth-order valence-electron chi connectivity index (χ4n) is 2.83. The largest absolute Gasteiger partial charge is 0.463 e. The van der Waals surface area contributed by atoms with E-state index in [0.29, 0.717) is 10.4 Å². The lowest BCUT2D eigenvalue weighted by Gasteiger charge is -2.18. The van der Waals surface area contributed by atoms with Gasteiger partial charge in [0.05, 0.1) is 6.61 Å². The molecule has 0 aliphatic carbocycles. The highest BCUT2D eigenvalue weighted by Gasteiger charge is 2.39. The third-order valence-electron chi connectivity index (χ3n) is 4.10. The molecule has 0 aliphatic rings. The summed E-state index contributed by atoms with van der Waals surface area (Å²) in [4.78, 5) is 34.7. The number of esters is 1. The average Bonchev–Trinajstić information content (AvgIpc) is 3.18. The van der Waals surface area contributed by atoms with Crippen molar-refractivity contribution in [1.82, 2.24) is 0 Å². The topological polar surface area (TPSA) is 113 Å². The Hall–Kier alpha value is -3.07. The van der Waals surface area contributed by atoms with Crippen molar-refractivity contribution >= 4 is 23.4 Å². The van der Waals surface area contributed by atoms with Crippen LogP contribution in [-0.4, -0.2) is 35.0 Å². The van der Waals surface area contributed by atoms with E-state index in [0.717, 1.165) is 0 Å². The zero-order valence-electron chi connectivity index (χ0n) is 15.2. The Morgan fingerprint density at radius 3 is 2.43 bits per heavy atom. The van der Waals surface area contributed by atoms with Gasteiger partial charge in [-0.1, -0.05) is 36.4 Å². The zero-order valence-corrected chi connectivity index (χ0v) is 16.0. The van der Waals surface area contributed by atoms with E-state index in [2.05, 4.69) is 0 Å². The molecule has 0 fully saturated rings. The molecular weight excluding hydrogens is 384 g/mol. The molecule has 0 saturated heterocycles. The highest BCUT2D eigenvalue weighted by Crippen LogP contribution is 2.30. The Bertz CT molecular complexity index is 835. The van der Waals surface area contributed by atoms with Gasteiger partial charge in [0, 0.05) is 26.7 Å². The van der Waals surface area contributed by atoms with E-state index in [1.807, 2.05) is 6.07 Å². The first-order chi connectivity index (χ1) is 13.4. The van der Waals surface area contributed by atoms with Crippen LogP contribution in [0.15, 0.2) is 53.4 Å². The third-order valence-corrected chi connectivity index (χ3v) is 5.10. The molecule has 0 N–H and O–H groups in total. The van der Waals surface area contributed by atoms with Crippen LogP contribution in [0.1, 0.15) is 29.7 Å². The van der Waals surface area contributed by atoms with Gasteiger partial charge < -0.3 is 4.74 Å². The molecule has 2 aromatic rings. The van der Waals surface area contributed by atoms with Crippen molar-refractivity contribution in [3.63, 3.8) is 0 Å². The van der Waals surface area contributed by atoms with Crippen molar-refractivity contribution in [3.05, 3.63) is 84.1 Å². The lowest BCUT2D eigenvalue weighted by atomic mass is 9.91. The monoisotopic (exact) mass is 404 g/mol. The van der Waals surface area contributed by atoms with Crippen LogP contribution >= 0.6 is 11.3 Å². The summed E-state index contributed by atoms with van der Waals surface area (Å²) in [6.45, 7) is 1.18. The normalized spacial score (nSPS) is 13.5. The minimum atomic E-state index is -1.33. The number of rotatable bonds is 10. The van der Waals surface area contributed by atoms with Crippen LogP contribution in [-0.2, 0) is 9.53 Å². The molecule has 8 nitrogen and oxygen atoms in total. The number of carbonyl (C=O) groups excluding carboxylic acids is 1. The first kappa shape index (κ1) is 21.2. The minimum absolute atomic E-state index is 0.111. The second-order valence-electron chi connectivity index (χ2n) is 5.99. The molecule has 0 radical (unpaired) electrons. The van der Waals surface area contributed by atoms with E-state index < -0.39 is 34.3 Å². The molecule has 0 bridgehead atoms. The molecule has 0 unspecified atom stereocenters. The molecule has 0 spiro atoms. The van der Waals surface area contributed by atoms with Gasteiger partial charge in [0.15, 0.2) is 0 Å². The number of hydrogen-bond donors (Lipinski definition) is 0. The van der Waals surface area contributed by atoms with Crippen LogP contribution in [0.25, 0.3) is 6.08 Å². The number of nitro groups is 2. The Morgan fingerprint density at radius 2 is 1.89 bits per heavy atom. The number of nitrogens with zero attached hydrogens (tertiary/aromatic N) is 2. The highest BCUT2D eigenvalue weighted by molar-refractivity contribution is 7.10. The van der Waals surface area contributed by atoms with Crippen molar-refractivity contribution in [1.29, 1.82) is 0 Å².